The van der Waals surface area contributed by atoms with Gasteiger partial charge in [-0.25, -0.2) is 9.59 Å². The summed E-state index contributed by atoms with van der Waals surface area (Å²) in [4.78, 5) is 65.4. The van der Waals surface area contributed by atoms with E-state index in [0.717, 1.165) is 39.3 Å². The zero-order chi connectivity index (χ0) is 44.5. The summed E-state index contributed by atoms with van der Waals surface area (Å²) < 4.78 is 4.85. The van der Waals surface area contributed by atoms with Crippen molar-refractivity contribution in [2.24, 2.45) is 16.7 Å². The summed E-state index contributed by atoms with van der Waals surface area (Å²) >= 11 is 0. The molecule has 0 spiro atoms. The summed E-state index contributed by atoms with van der Waals surface area (Å²) in [5.74, 6) is -1.37. The van der Waals surface area contributed by atoms with Crippen molar-refractivity contribution in [1.29, 1.82) is 0 Å². The molecule has 1 unspecified atom stereocenters. The lowest BCUT2D eigenvalue weighted by atomic mass is 9.75. The molecule has 2 aromatic carbocycles. The molecule has 2 aromatic heterocycles. The molecule has 13 heteroatoms. The molecule has 5 amide bonds. The van der Waals surface area contributed by atoms with Gasteiger partial charge in [-0.1, -0.05) is 102 Å². The summed E-state index contributed by atoms with van der Waals surface area (Å²) in [7, 11) is 1.24. The van der Waals surface area contributed by atoms with Gasteiger partial charge >= 0.3 is 12.1 Å². The Kier molecular flexibility index (Phi) is 15.3. The molecule has 61 heavy (non-hydrogen) atoms. The van der Waals surface area contributed by atoms with Gasteiger partial charge in [0.1, 0.15) is 6.04 Å². The third-order valence-corrected chi connectivity index (χ3v) is 11.2. The minimum absolute atomic E-state index is 0.0805. The van der Waals surface area contributed by atoms with Crippen LogP contribution in [0, 0.1) is 30.6 Å². The number of aliphatic hydroxyl groups is 1. The average molecular weight is 834 g/mol. The molecule has 0 radical (unpaired) electrons. The highest BCUT2D eigenvalue weighted by molar-refractivity contribution is 5.87. The summed E-state index contributed by atoms with van der Waals surface area (Å²) in [6.45, 7) is 15.9. The van der Waals surface area contributed by atoms with Gasteiger partial charge < -0.3 is 36.0 Å². The zero-order valence-corrected chi connectivity index (χ0v) is 37.0. The number of pyridine rings is 2. The van der Waals surface area contributed by atoms with E-state index in [1.165, 1.54) is 7.11 Å². The second-order valence-electron chi connectivity index (χ2n) is 18.4. The van der Waals surface area contributed by atoms with E-state index in [1.54, 1.807) is 11.1 Å². The van der Waals surface area contributed by atoms with E-state index in [1.807, 2.05) is 140 Å². The highest BCUT2D eigenvalue weighted by Gasteiger charge is 2.46. The molecule has 6 atom stereocenters. The number of nitrogens with one attached hydrogen (secondary N) is 4. The van der Waals surface area contributed by atoms with Crippen LogP contribution < -0.4 is 21.3 Å². The van der Waals surface area contributed by atoms with Crippen molar-refractivity contribution in [3.63, 3.8) is 0 Å². The fourth-order valence-electron chi connectivity index (χ4n) is 8.05. The lowest BCUT2D eigenvalue weighted by Crippen LogP contribution is -2.58. The van der Waals surface area contributed by atoms with Gasteiger partial charge in [0, 0.05) is 30.0 Å². The van der Waals surface area contributed by atoms with E-state index in [0.29, 0.717) is 6.42 Å². The number of aryl methyl sites for hydroxylation is 2. The third-order valence-electron chi connectivity index (χ3n) is 11.2. The molecule has 0 bridgehead atoms. The Morgan fingerprint density at radius 2 is 1.54 bits per heavy atom. The number of benzene rings is 2. The minimum atomic E-state index is -1.15. The molecular weight excluding hydrogens is 771 g/mol. The van der Waals surface area contributed by atoms with E-state index in [4.69, 9.17) is 4.74 Å². The van der Waals surface area contributed by atoms with Crippen LogP contribution in [0.25, 0.3) is 11.3 Å². The first-order valence-electron chi connectivity index (χ1n) is 21.0. The number of hydrogen-bond donors (Lipinski definition) is 5. The number of carbonyl (C=O) groups excluding carboxylic acids is 4. The molecule has 4 aromatic rings. The third kappa shape index (κ3) is 12.8. The summed E-state index contributed by atoms with van der Waals surface area (Å²) in [6.07, 6.45) is 0.592. The van der Waals surface area contributed by atoms with Crippen LogP contribution in [0.1, 0.15) is 76.0 Å². The second kappa shape index (κ2) is 20.2. The van der Waals surface area contributed by atoms with Crippen LogP contribution in [0.15, 0.2) is 91.1 Å². The van der Waals surface area contributed by atoms with E-state index in [9.17, 15) is 24.3 Å². The number of methoxy groups -OCH3 is 1. The van der Waals surface area contributed by atoms with Gasteiger partial charge in [0.15, 0.2) is 0 Å². The number of aromatic nitrogens is 2. The predicted molar refractivity (Wildman–Crippen MR) is 236 cm³/mol. The number of amides is 5. The molecule has 1 aliphatic heterocycles. The van der Waals surface area contributed by atoms with Crippen molar-refractivity contribution in [2.75, 3.05) is 13.7 Å². The zero-order valence-electron chi connectivity index (χ0n) is 37.0. The second-order valence-corrected chi connectivity index (χ2v) is 18.4. The van der Waals surface area contributed by atoms with Crippen molar-refractivity contribution >= 4 is 23.9 Å². The highest BCUT2D eigenvalue weighted by Crippen LogP contribution is 2.34. The maximum absolute atomic E-state index is 14.8. The van der Waals surface area contributed by atoms with Gasteiger partial charge in [-0.2, -0.15) is 0 Å². The Hall–Kier alpha value is -5.82. The number of rotatable bonds is 16. The molecule has 3 heterocycles. The Labute approximate surface area is 360 Å². The summed E-state index contributed by atoms with van der Waals surface area (Å²) in [5.41, 5.74) is 4.94. The van der Waals surface area contributed by atoms with Gasteiger partial charge in [-0.05, 0) is 84.9 Å². The molecular formula is C48H63N7O6. The van der Waals surface area contributed by atoms with Crippen LogP contribution in [-0.2, 0) is 33.7 Å². The minimum Gasteiger partial charge on any atom is -0.453 e. The maximum atomic E-state index is 14.8. The molecule has 326 valence electrons. The molecule has 0 saturated carbocycles. The van der Waals surface area contributed by atoms with E-state index in [-0.39, 0.29) is 37.9 Å². The highest BCUT2D eigenvalue weighted by atomic mass is 16.5. The number of alkyl carbamates (subject to hydrolysis) is 1. The van der Waals surface area contributed by atoms with Crippen LogP contribution in [-0.4, -0.2) is 87.8 Å². The fourth-order valence-corrected chi connectivity index (χ4v) is 8.05. The van der Waals surface area contributed by atoms with Gasteiger partial charge in [0.05, 0.1) is 49.1 Å². The number of carbonyl (C=O) groups is 4. The first kappa shape index (κ1) is 46.2. The Morgan fingerprint density at radius 1 is 0.852 bits per heavy atom. The molecule has 1 fully saturated rings. The summed E-state index contributed by atoms with van der Waals surface area (Å²) in [6, 6.07) is 24.0. The molecule has 5 N–H and O–H groups in total. The molecule has 13 nitrogen and oxygen atoms in total. The smallest absolute Gasteiger partial charge is 0.407 e. The standard InChI is InChI=1S/C48H63N7O6/c1-30-22-23-49-37(24-30)34-20-18-33(19-21-34)26-38(53-44(58)42(48(6,7)8)54-46(60)61-9)40(56)27-36(25-32-15-11-10-12-16-32)52-43(57)41(47(3,4)5)39-28-50-45(59)55(39)29-35-17-13-14-31(2)51-35/h10-24,36,38-42,56H,25-29H2,1-9H3,(H,50,59)(H,52,57)(H,53,58)(H,54,60)/t36-,38-,39?,40-,41-,42+/m0/s1. The number of aliphatic hydroxyl groups excluding tert-OH is 1. The quantitative estimate of drug-likeness (QED) is 0.0876. The Bertz CT molecular complexity index is 2120. The topological polar surface area (TPSA) is 175 Å². The van der Waals surface area contributed by atoms with E-state index in [2.05, 4.69) is 31.2 Å². The SMILES string of the molecule is COC(=O)N[C@H](C(=O)N[C@@H](Cc1ccc(-c2cc(C)ccn2)cc1)[C@@H](O)C[C@H](Cc1ccccc1)NC(=O)[C@H](C1CNC(=O)N1Cc1cccc(C)n1)C(C)(C)C)C(C)(C)C. The first-order chi connectivity index (χ1) is 28.8. The van der Waals surface area contributed by atoms with Gasteiger partial charge in [-0.3, -0.25) is 19.6 Å². The number of nitrogens with zero attached hydrogens (tertiary/aromatic N) is 3. The number of hydrogen-bond acceptors (Lipinski definition) is 8. The van der Waals surface area contributed by atoms with Crippen molar-refractivity contribution < 1.29 is 29.0 Å². The van der Waals surface area contributed by atoms with Crippen LogP contribution >= 0.6 is 0 Å². The summed E-state index contributed by atoms with van der Waals surface area (Å²) in [5, 5.41) is 24.3. The normalized spacial score (nSPS) is 16.7. The van der Waals surface area contributed by atoms with Crippen molar-refractivity contribution in [3.05, 3.63) is 119 Å². The van der Waals surface area contributed by atoms with Gasteiger partial charge in [-0.15, -0.1) is 0 Å². The average Bonchev–Trinajstić information content (AvgIpc) is 3.53. The van der Waals surface area contributed by atoms with E-state index >= 15 is 0 Å². The number of ether oxygens (including phenoxy) is 1. The van der Waals surface area contributed by atoms with Crippen molar-refractivity contribution in [1.82, 2.24) is 36.1 Å². The van der Waals surface area contributed by atoms with Crippen molar-refractivity contribution in [3.8, 4) is 11.3 Å². The van der Waals surface area contributed by atoms with Crippen LogP contribution in [0.5, 0.6) is 0 Å². The van der Waals surface area contributed by atoms with Crippen LogP contribution in [0.2, 0.25) is 0 Å². The molecule has 5 rings (SSSR count). The fraction of sp³-hybridized carbons (Fsp3) is 0.458. The maximum Gasteiger partial charge on any atom is 0.407 e. The lowest BCUT2D eigenvalue weighted by molar-refractivity contribution is -0.132. The predicted octanol–water partition coefficient (Wildman–Crippen LogP) is 6.29. The van der Waals surface area contributed by atoms with Gasteiger partial charge in [0.2, 0.25) is 11.8 Å². The van der Waals surface area contributed by atoms with Crippen molar-refractivity contribution in [2.45, 2.75) is 111 Å². The Balaban J connectivity index is 1.45. The first-order valence-corrected chi connectivity index (χ1v) is 21.0. The van der Waals surface area contributed by atoms with E-state index < -0.39 is 59.0 Å². The Morgan fingerprint density at radius 3 is 2.16 bits per heavy atom. The van der Waals surface area contributed by atoms with Crippen LogP contribution in [0.4, 0.5) is 9.59 Å². The molecule has 1 saturated heterocycles. The van der Waals surface area contributed by atoms with Gasteiger partial charge in [0.25, 0.3) is 0 Å². The van der Waals surface area contributed by atoms with Crippen LogP contribution in [0.3, 0.4) is 0 Å². The monoisotopic (exact) mass is 833 g/mol. The number of urea groups is 1. The molecule has 0 aliphatic carbocycles. The largest absolute Gasteiger partial charge is 0.453 e. The lowest BCUT2D eigenvalue weighted by Gasteiger charge is -2.39. The molecule has 1 aliphatic rings.